The van der Waals surface area contributed by atoms with E-state index >= 15 is 0 Å². The lowest BCUT2D eigenvalue weighted by Gasteiger charge is -2.26. The lowest BCUT2D eigenvalue weighted by molar-refractivity contribution is 0.208. The summed E-state index contributed by atoms with van der Waals surface area (Å²) >= 11 is 0. The second-order valence-corrected chi connectivity index (χ2v) is 3.60. The number of rotatable bonds is 1. The molecule has 1 aliphatic heterocycles. The first-order chi connectivity index (χ1) is 6.27. The molecular weight excluding hydrogens is 160 g/mol. The van der Waals surface area contributed by atoms with Gasteiger partial charge in [0.05, 0.1) is 0 Å². The van der Waals surface area contributed by atoms with Gasteiger partial charge in [0.15, 0.2) is 0 Å². The van der Waals surface area contributed by atoms with E-state index in [-0.39, 0.29) is 6.10 Å². The van der Waals surface area contributed by atoms with Crippen LogP contribution in [0.5, 0.6) is 5.75 Å². The van der Waals surface area contributed by atoms with Crippen molar-refractivity contribution in [2.45, 2.75) is 25.9 Å². The van der Waals surface area contributed by atoms with Gasteiger partial charge in [0.2, 0.25) is 0 Å². The molecule has 13 heavy (non-hydrogen) atoms. The predicted octanol–water partition coefficient (Wildman–Crippen LogP) is 2.96. The second-order valence-electron chi connectivity index (χ2n) is 3.60. The van der Waals surface area contributed by atoms with Gasteiger partial charge in [-0.1, -0.05) is 24.8 Å². The van der Waals surface area contributed by atoms with E-state index in [1.807, 2.05) is 19.1 Å². The van der Waals surface area contributed by atoms with Crippen LogP contribution < -0.4 is 4.74 Å². The number of fused-ring (bicyclic) bond motifs is 1. The van der Waals surface area contributed by atoms with Crippen molar-refractivity contribution in [3.05, 3.63) is 42.0 Å². The van der Waals surface area contributed by atoms with Gasteiger partial charge >= 0.3 is 0 Å². The van der Waals surface area contributed by atoms with Gasteiger partial charge in [0.25, 0.3) is 0 Å². The molecule has 1 aromatic rings. The van der Waals surface area contributed by atoms with Crippen LogP contribution in [-0.2, 0) is 6.42 Å². The van der Waals surface area contributed by atoms with Gasteiger partial charge in [0, 0.05) is 0 Å². The Kier molecular flexibility index (Phi) is 2.09. The summed E-state index contributed by atoms with van der Waals surface area (Å²) in [6.45, 7) is 5.95. The van der Waals surface area contributed by atoms with Gasteiger partial charge in [-0.25, -0.2) is 0 Å². The Balaban J connectivity index is 2.24. The van der Waals surface area contributed by atoms with Gasteiger partial charge in [-0.15, -0.1) is 0 Å². The molecule has 0 N–H and O–H groups in total. The quantitative estimate of drug-likeness (QED) is 0.595. The minimum Gasteiger partial charge on any atom is -0.486 e. The Bertz CT molecular complexity index is 328. The number of benzene rings is 1. The van der Waals surface area contributed by atoms with Crippen LogP contribution in [0.4, 0.5) is 0 Å². The zero-order chi connectivity index (χ0) is 9.26. The first-order valence-corrected chi connectivity index (χ1v) is 4.67. The van der Waals surface area contributed by atoms with Crippen molar-refractivity contribution in [1.82, 2.24) is 0 Å². The number of hydrogen-bond acceptors (Lipinski definition) is 1. The van der Waals surface area contributed by atoms with Crippen LogP contribution >= 0.6 is 0 Å². The standard InChI is InChI=1S/C12H14O/c1-9(2)11-8-7-10-5-3-4-6-12(10)13-11/h3-6,11H,1,7-8H2,2H3/t11-/m0/s1. The van der Waals surface area contributed by atoms with Crippen LogP contribution in [0, 0.1) is 0 Å². The van der Waals surface area contributed by atoms with E-state index in [0.29, 0.717) is 0 Å². The van der Waals surface area contributed by atoms with Crippen molar-refractivity contribution < 1.29 is 4.74 Å². The van der Waals surface area contributed by atoms with Crippen LogP contribution in [0.15, 0.2) is 36.4 Å². The molecular formula is C12H14O. The highest BCUT2D eigenvalue weighted by Crippen LogP contribution is 2.28. The Morgan fingerprint density at radius 2 is 2.23 bits per heavy atom. The number of aryl methyl sites for hydroxylation is 1. The van der Waals surface area contributed by atoms with Crippen LogP contribution in [0.25, 0.3) is 0 Å². The molecule has 1 nitrogen and oxygen atoms in total. The molecule has 0 aromatic heterocycles. The zero-order valence-corrected chi connectivity index (χ0v) is 7.92. The van der Waals surface area contributed by atoms with E-state index in [0.717, 1.165) is 24.2 Å². The van der Waals surface area contributed by atoms with E-state index in [9.17, 15) is 0 Å². The maximum atomic E-state index is 5.79. The highest BCUT2D eigenvalue weighted by molar-refractivity contribution is 5.36. The van der Waals surface area contributed by atoms with Crippen molar-refractivity contribution in [2.75, 3.05) is 0 Å². The molecule has 0 bridgehead atoms. The molecule has 1 aliphatic rings. The third-order valence-corrected chi connectivity index (χ3v) is 2.47. The highest BCUT2D eigenvalue weighted by atomic mass is 16.5. The van der Waals surface area contributed by atoms with Crippen LogP contribution in [-0.4, -0.2) is 6.10 Å². The Morgan fingerprint density at radius 3 is 3.00 bits per heavy atom. The molecule has 0 unspecified atom stereocenters. The van der Waals surface area contributed by atoms with Crippen molar-refractivity contribution in [1.29, 1.82) is 0 Å². The van der Waals surface area contributed by atoms with Crippen LogP contribution in [0.1, 0.15) is 18.9 Å². The van der Waals surface area contributed by atoms with Gasteiger partial charge in [-0.3, -0.25) is 0 Å². The summed E-state index contributed by atoms with van der Waals surface area (Å²) in [5, 5.41) is 0. The summed E-state index contributed by atoms with van der Waals surface area (Å²) in [7, 11) is 0. The molecule has 2 rings (SSSR count). The Morgan fingerprint density at radius 1 is 1.46 bits per heavy atom. The molecule has 0 radical (unpaired) electrons. The summed E-state index contributed by atoms with van der Waals surface area (Å²) in [6, 6.07) is 8.23. The van der Waals surface area contributed by atoms with E-state index in [2.05, 4.69) is 18.7 Å². The third-order valence-electron chi connectivity index (χ3n) is 2.47. The van der Waals surface area contributed by atoms with E-state index in [4.69, 9.17) is 4.74 Å². The monoisotopic (exact) mass is 174 g/mol. The highest BCUT2D eigenvalue weighted by Gasteiger charge is 2.18. The fraction of sp³-hybridized carbons (Fsp3) is 0.333. The summed E-state index contributed by atoms with van der Waals surface area (Å²) in [4.78, 5) is 0. The largest absolute Gasteiger partial charge is 0.486 e. The van der Waals surface area contributed by atoms with Crippen molar-refractivity contribution in [3.63, 3.8) is 0 Å². The molecule has 0 spiro atoms. The van der Waals surface area contributed by atoms with Gasteiger partial charge < -0.3 is 4.74 Å². The van der Waals surface area contributed by atoms with Crippen molar-refractivity contribution >= 4 is 0 Å². The molecule has 1 heterocycles. The summed E-state index contributed by atoms with van der Waals surface area (Å²) in [5.74, 6) is 1.03. The first kappa shape index (κ1) is 8.36. The van der Waals surface area contributed by atoms with Crippen molar-refractivity contribution in [3.8, 4) is 5.75 Å². The smallest absolute Gasteiger partial charge is 0.123 e. The molecule has 1 atom stereocenters. The van der Waals surface area contributed by atoms with E-state index in [1.165, 1.54) is 5.56 Å². The molecule has 1 heteroatoms. The van der Waals surface area contributed by atoms with Crippen LogP contribution in [0.3, 0.4) is 0 Å². The number of para-hydroxylation sites is 1. The third kappa shape index (κ3) is 1.59. The number of ether oxygens (including phenoxy) is 1. The Hall–Kier alpha value is -1.24. The average molecular weight is 174 g/mol. The molecule has 0 amide bonds. The molecule has 0 saturated carbocycles. The average Bonchev–Trinajstić information content (AvgIpc) is 2.17. The number of hydrogen-bond donors (Lipinski definition) is 0. The topological polar surface area (TPSA) is 9.23 Å². The second kappa shape index (κ2) is 3.25. The normalized spacial score (nSPS) is 20.2. The maximum absolute atomic E-state index is 5.79. The molecule has 68 valence electrons. The summed E-state index contributed by atoms with van der Waals surface area (Å²) < 4.78 is 5.79. The van der Waals surface area contributed by atoms with E-state index < -0.39 is 0 Å². The predicted molar refractivity (Wildman–Crippen MR) is 54.0 cm³/mol. The fourth-order valence-corrected chi connectivity index (χ4v) is 1.67. The zero-order valence-electron chi connectivity index (χ0n) is 7.92. The fourth-order valence-electron chi connectivity index (χ4n) is 1.67. The summed E-state index contributed by atoms with van der Waals surface area (Å²) in [5.41, 5.74) is 2.44. The van der Waals surface area contributed by atoms with Gasteiger partial charge in [0.1, 0.15) is 11.9 Å². The SMILES string of the molecule is C=C(C)[C@@H]1CCc2ccccc2O1. The minimum absolute atomic E-state index is 0.217. The van der Waals surface area contributed by atoms with Gasteiger partial charge in [-0.2, -0.15) is 0 Å². The van der Waals surface area contributed by atoms with Gasteiger partial charge in [-0.05, 0) is 37.0 Å². The molecule has 0 saturated heterocycles. The molecule has 0 aliphatic carbocycles. The molecule has 1 aromatic carbocycles. The minimum atomic E-state index is 0.217. The maximum Gasteiger partial charge on any atom is 0.123 e. The lowest BCUT2D eigenvalue weighted by Crippen LogP contribution is -2.23. The van der Waals surface area contributed by atoms with E-state index in [1.54, 1.807) is 0 Å². The molecule has 0 fully saturated rings. The summed E-state index contributed by atoms with van der Waals surface area (Å²) in [6.07, 6.45) is 2.38. The lowest BCUT2D eigenvalue weighted by atomic mass is 9.99. The van der Waals surface area contributed by atoms with Crippen molar-refractivity contribution in [2.24, 2.45) is 0 Å². The van der Waals surface area contributed by atoms with Crippen LogP contribution in [0.2, 0.25) is 0 Å². The Labute approximate surface area is 79.0 Å². The first-order valence-electron chi connectivity index (χ1n) is 4.67.